The van der Waals surface area contributed by atoms with E-state index in [0.29, 0.717) is 11.6 Å². The Kier molecular flexibility index (Phi) is 5.65. The third-order valence-corrected chi connectivity index (χ3v) is 6.84. The number of fused-ring (bicyclic) bond motifs is 3. The minimum Gasteiger partial charge on any atom is -0.507 e. The Morgan fingerprint density at radius 2 is 1.88 bits per heavy atom. The van der Waals surface area contributed by atoms with Crippen molar-refractivity contribution in [2.45, 2.75) is 25.3 Å². The van der Waals surface area contributed by atoms with Crippen LogP contribution in [0.2, 0.25) is 5.02 Å². The molecule has 166 valence electrons. The normalized spacial score (nSPS) is 21.2. The number of halogens is 1. The highest BCUT2D eigenvalue weighted by Crippen LogP contribution is 2.50. The first-order valence-corrected chi connectivity index (χ1v) is 11.4. The van der Waals surface area contributed by atoms with Crippen molar-refractivity contribution in [2.24, 2.45) is 11.0 Å². The molecule has 3 N–H and O–H groups in total. The molecule has 33 heavy (non-hydrogen) atoms. The molecular weight excluding hydrogens is 434 g/mol. The molecule has 6 heteroatoms. The highest BCUT2D eigenvalue weighted by molar-refractivity contribution is 6.31. The number of benzene rings is 3. The number of anilines is 1. The molecular formula is C27H24ClN3O2. The van der Waals surface area contributed by atoms with Gasteiger partial charge in [0.2, 0.25) is 0 Å². The Bertz CT molecular complexity index is 1280. The molecule has 0 saturated carbocycles. The number of aromatic hydroxyl groups is 1. The molecule has 1 amide bonds. The smallest absolute Gasteiger partial charge is 0.275 e. The summed E-state index contributed by atoms with van der Waals surface area (Å²) in [6.07, 6.45) is 5.52. The topological polar surface area (TPSA) is 73.7 Å². The number of para-hydroxylation sites is 1. The maximum atomic E-state index is 12.4. The van der Waals surface area contributed by atoms with Crippen molar-refractivity contribution < 1.29 is 9.90 Å². The van der Waals surface area contributed by atoms with Gasteiger partial charge in [0.25, 0.3) is 5.91 Å². The van der Waals surface area contributed by atoms with Crippen molar-refractivity contribution in [2.75, 3.05) is 5.32 Å². The van der Waals surface area contributed by atoms with Crippen LogP contribution in [0.3, 0.4) is 0 Å². The number of phenols is 1. The summed E-state index contributed by atoms with van der Waals surface area (Å²) >= 11 is 6.53. The van der Waals surface area contributed by atoms with E-state index in [0.717, 1.165) is 28.3 Å². The fourth-order valence-electron chi connectivity index (χ4n) is 4.78. The third-order valence-electron chi connectivity index (χ3n) is 6.49. The maximum Gasteiger partial charge on any atom is 0.275 e. The summed E-state index contributed by atoms with van der Waals surface area (Å²) < 4.78 is 0. The van der Waals surface area contributed by atoms with Gasteiger partial charge in [-0.05, 0) is 66.3 Å². The van der Waals surface area contributed by atoms with Crippen LogP contribution in [-0.2, 0) is 0 Å². The van der Waals surface area contributed by atoms with E-state index in [1.54, 1.807) is 18.2 Å². The number of phenolic OH excluding ortho intramolecular Hbond substituents is 1. The predicted octanol–water partition coefficient (Wildman–Crippen LogP) is 6.03. The fourth-order valence-corrected chi connectivity index (χ4v) is 5.03. The standard InChI is InChI=1S/C27H24ClN3O2/c1-16(30-31-27(33)21-8-3-5-12-25(21)32)17-13-14-24-22(15-17)18-9-6-10-19(18)26(29-24)20-7-2-4-11-23(20)28/h2-9,11-15,18-19,26,29,32H,10H2,1H3,(H,31,33)/b30-16-/t18-,19+,26-/m1/s1. The van der Waals surface area contributed by atoms with E-state index in [1.807, 2.05) is 31.2 Å². The second kappa shape index (κ2) is 8.75. The molecule has 2 aliphatic rings. The van der Waals surface area contributed by atoms with Crippen molar-refractivity contribution in [1.29, 1.82) is 0 Å². The van der Waals surface area contributed by atoms with Crippen LogP contribution in [0, 0.1) is 5.92 Å². The highest BCUT2D eigenvalue weighted by Gasteiger charge is 2.38. The van der Waals surface area contributed by atoms with E-state index in [4.69, 9.17) is 11.6 Å². The third kappa shape index (κ3) is 4.00. The van der Waals surface area contributed by atoms with E-state index < -0.39 is 5.91 Å². The van der Waals surface area contributed by atoms with Crippen LogP contribution >= 0.6 is 11.6 Å². The first-order chi connectivity index (χ1) is 16.0. The van der Waals surface area contributed by atoms with Gasteiger partial charge in [-0.25, -0.2) is 5.43 Å². The summed E-state index contributed by atoms with van der Waals surface area (Å²) in [7, 11) is 0. The van der Waals surface area contributed by atoms with Crippen LogP contribution in [0.25, 0.3) is 0 Å². The zero-order chi connectivity index (χ0) is 22.9. The monoisotopic (exact) mass is 457 g/mol. The average Bonchev–Trinajstić information content (AvgIpc) is 3.33. The molecule has 1 aliphatic heterocycles. The summed E-state index contributed by atoms with van der Waals surface area (Å²) in [5.41, 5.74) is 7.78. The Balaban J connectivity index is 1.41. The van der Waals surface area contributed by atoms with Crippen LogP contribution in [0.1, 0.15) is 52.4 Å². The molecule has 0 saturated heterocycles. The first kappa shape index (κ1) is 21.3. The van der Waals surface area contributed by atoms with Gasteiger partial charge in [0.1, 0.15) is 5.75 Å². The quantitative estimate of drug-likeness (QED) is 0.254. The second-order valence-electron chi connectivity index (χ2n) is 8.45. The number of amides is 1. The van der Waals surface area contributed by atoms with E-state index in [2.05, 4.69) is 46.2 Å². The fraction of sp³-hybridized carbons (Fsp3) is 0.185. The van der Waals surface area contributed by atoms with Gasteiger partial charge in [0.15, 0.2) is 0 Å². The molecule has 3 aromatic rings. The molecule has 0 bridgehead atoms. The van der Waals surface area contributed by atoms with Crippen molar-refractivity contribution in [3.8, 4) is 5.75 Å². The minimum absolute atomic E-state index is 0.0742. The van der Waals surface area contributed by atoms with Gasteiger partial charge in [-0.3, -0.25) is 4.79 Å². The Labute approximate surface area is 197 Å². The van der Waals surface area contributed by atoms with E-state index in [9.17, 15) is 9.90 Å². The lowest BCUT2D eigenvalue weighted by atomic mass is 9.76. The van der Waals surface area contributed by atoms with Crippen LogP contribution in [0.4, 0.5) is 5.69 Å². The van der Waals surface area contributed by atoms with Gasteiger partial charge in [0, 0.05) is 16.6 Å². The SMILES string of the molecule is C/C(=N/NC(=O)c1ccccc1O)c1ccc2c(c1)[C@@H]1C=CC[C@@H]1[C@H](c1ccccc1Cl)N2. The molecule has 5 nitrogen and oxygen atoms in total. The molecule has 3 aromatic carbocycles. The Morgan fingerprint density at radius 1 is 1.09 bits per heavy atom. The summed E-state index contributed by atoms with van der Waals surface area (Å²) in [6.45, 7) is 1.86. The number of allylic oxidation sites excluding steroid dienone is 2. The molecule has 0 spiro atoms. The first-order valence-electron chi connectivity index (χ1n) is 11.0. The zero-order valence-corrected chi connectivity index (χ0v) is 18.9. The predicted molar refractivity (Wildman–Crippen MR) is 132 cm³/mol. The largest absolute Gasteiger partial charge is 0.507 e. The van der Waals surface area contributed by atoms with Crippen molar-refractivity contribution in [3.05, 3.63) is 106 Å². The molecule has 0 fully saturated rings. The number of hydrogen-bond acceptors (Lipinski definition) is 4. The molecule has 0 aromatic heterocycles. The van der Waals surface area contributed by atoms with E-state index >= 15 is 0 Å². The number of nitrogens with one attached hydrogen (secondary N) is 2. The lowest BCUT2D eigenvalue weighted by Gasteiger charge is -2.38. The minimum atomic E-state index is -0.451. The van der Waals surface area contributed by atoms with Crippen LogP contribution < -0.4 is 10.7 Å². The van der Waals surface area contributed by atoms with Crippen molar-refractivity contribution in [3.63, 3.8) is 0 Å². The van der Waals surface area contributed by atoms with E-state index in [-0.39, 0.29) is 23.3 Å². The number of carbonyl (C=O) groups is 1. The van der Waals surface area contributed by atoms with Gasteiger partial charge >= 0.3 is 0 Å². The second-order valence-corrected chi connectivity index (χ2v) is 8.86. The Morgan fingerprint density at radius 3 is 2.70 bits per heavy atom. The van der Waals surface area contributed by atoms with Gasteiger partial charge in [-0.1, -0.05) is 60.2 Å². The van der Waals surface area contributed by atoms with Crippen molar-refractivity contribution >= 4 is 28.9 Å². The number of nitrogens with zero attached hydrogens (tertiary/aromatic N) is 1. The molecule has 1 aliphatic carbocycles. The van der Waals surface area contributed by atoms with Gasteiger partial charge in [0.05, 0.1) is 17.3 Å². The van der Waals surface area contributed by atoms with Gasteiger partial charge in [-0.15, -0.1) is 0 Å². The Hall–Kier alpha value is -3.57. The molecule has 0 unspecified atom stereocenters. The molecule has 5 rings (SSSR count). The van der Waals surface area contributed by atoms with Crippen molar-refractivity contribution in [1.82, 2.24) is 5.43 Å². The summed E-state index contributed by atoms with van der Waals surface area (Å²) in [6, 6.07) is 20.8. The molecule has 3 atom stereocenters. The maximum absolute atomic E-state index is 12.4. The summed E-state index contributed by atoms with van der Waals surface area (Å²) in [5.74, 6) is 0.139. The number of hydrogen-bond donors (Lipinski definition) is 3. The lowest BCUT2D eigenvalue weighted by Crippen LogP contribution is -2.29. The lowest BCUT2D eigenvalue weighted by molar-refractivity contribution is 0.0952. The van der Waals surface area contributed by atoms with Crippen LogP contribution in [0.5, 0.6) is 5.75 Å². The molecule has 1 heterocycles. The number of rotatable bonds is 4. The van der Waals surface area contributed by atoms with Gasteiger partial charge in [-0.2, -0.15) is 5.10 Å². The molecule has 0 radical (unpaired) electrons. The highest BCUT2D eigenvalue weighted by atomic mass is 35.5. The number of carbonyl (C=O) groups excluding carboxylic acids is 1. The zero-order valence-electron chi connectivity index (χ0n) is 18.1. The van der Waals surface area contributed by atoms with Gasteiger partial charge < -0.3 is 10.4 Å². The van der Waals surface area contributed by atoms with E-state index in [1.165, 1.54) is 11.6 Å². The van der Waals surface area contributed by atoms with Crippen LogP contribution in [-0.4, -0.2) is 16.7 Å². The summed E-state index contributed by atoms with van der Waals surface area (Å²) in [4.78, 5) is 12.4. The summed E-state index contributed by atoms with van der Waals surface area (Å²) in [5, 5.41) is 18.6. The average molecular weight is 458 g/mol. The van der Waals surface area contributed by atoms with Crippen LogP contribution in [0.15, 0.2) is 84.0 Å². The number of hydrazone groups is 1.